The number of aliphatic carboxylic acids is 1. The van der Waals surface area contributed by atoms with E-state index in [1.165, 1.54) is 19.1 Å². The zero-order valence-corrected chi connectivity index (χ0v) is 11.7. The number of aryl methyl sites for hydroxylation is 1. The number of hydrogen-bond acceptors (Lipinski definition) is 3. The summed E-state index contributed by atoms with van der Waals surface area (Å²) in [5, 5.41) is 12.0. The second-order valence-corrected chi connectivity index (χ2v) is 4.91. The quantitative estimate of drug-likeness (QED) is 0.904. The van der Waals surface area contributed by atoms with E-state index in [-0.39, 0.29) is 18.3 Å². The van der Waals surface area contributed by atoms with E-state index in [1.54, 1.807) is 19.1 Å². The van der Waals surface area contributed by atoms with Gasteiger partial charge in [-0.3, -0.25) is 14.6 Å². The van der Waals surface area contributed by atoms with Crippen LogP contribution in [0.4, 0.5) is 4.39 Å². The molecule has 0 bridgehead atoms. The highest BCUT2D eigenvalue weighted by atomic mass is 19.1. The molecule has 1 atom stereocenters. The Bertz CT molecular complexity index is 715. The summed E-state index contributed by atoms with van der Waals surface area (Å²) in [6, 6.07) is 5.77. The molecule has 2 N–H and O–H groups in total. The summed E-state index contributed by atoms with van der Waals surface area (Å²) in [5.74, 6) is -2.42. The Morgan fingerprint density at radius 1 is 1.38 bits per heavy atom. The summed E-state index contributed by atoms with van der Waals surface area (Å²) < 4.78 is 13.1. The molecule has 2 aromatic rings. The van der Waals surface area contributed by atoms with Crippen LogP contribution in [0.2, 0.25) is 0 Å². The smallest absolute Gasteiger partial charge is 0.308 e. The standard InChI is InChI=1S/C15H15FN2O3/c1-8(15(20)21)7-17-14(19)12-5-10-3-4-11(16)6-13(10)18-9(12)2/h3-6,8H,7H2,1-2H3,(H,17,19)(H,20,21). The number of carbonyl (C=O) groups excluding carboxylic acids is 1. The highest BCUT2D eigenvalue weighted by Crippen LogP contribution is 2.17. The van der Waals surface area contributed by atoms with Gasteiger partial charge in [0.25, 0.3) is 5.91 Å². The average Bonchev–Trinajstić information content (AvgIpc) is 2.43. The maximum Gasteiger partial charge on any atom is 0.308 e. The van der Waals surface area contributed by atoms with Gasteiger partial charge in [-0.15, -0.1) is 0 Å². The van der Waals surface area contributed by atoms with Crippen LogP contribution in [0, 0.1) is 18.7 Å². The minimum Gasteiger partial charge on any atom is -0.481 e. The molecule has 1 amide bonds. The Kier molecular flexibility index (Phi) is 4.16. The molecule has 5 nitrogen and oxygen atoms in total. The van der Waals surface area contributed by atoms with E-state index in [0.29, 0.717) is 22.2 Å². The van der Waals surface area contributed by atoms with Crippen molar-refractivity contribution in [2.75, 3.05) is 6.54 Å². The van der Waals surface area contributed by atoms with Gasteiger partial charge in [-0.25, -0.2) is 4.39 Å². The van der Waals surface area contributed by atoms with Gasteiger partial charge < -0.3 is 10.4 Å². The fraction of sp³-hybridized carbons (Fsp3) is 0.267. The number of rotatable bonds is 4. The Hall–Kier alpha value is -2.50. The molecule has 1 unspecified atom stereocenters. The number of amides is 1. The highest BCUT2D eigenvalue weighted by molar-refractivity contribution is 5.98. The van der Waals surface area contributed by atoms with Crippen LogP contribution in [0.15, 0.2) is 24.3 Å². The molecule has 21 heavy (non-hydrogen) atoms. The van der Waals surface area contributed by atoms with E-state index in [1.807, 2.05) is 0 Å². The van der Waals surface area contributed by atoms with Gasteiger partial charge in [0.05, 0.1) is 22.7 Å². The fourth-order valence-electron chi connectivity index (χ4n) is 1.89. The fourth-order valence-corrected chi connectivity index (χ4v) is 1.89. The summed E-state index contributed by atoms with van der Waals surface area (Å²) in [5.41, 5.74) is 1.29. The Morgan fingerprint density at radius 3 is 2.76 bits per heavy atom. The van der Waals surface area contributed by atoms with Gasteiger partial charge in [0.1, 0.15) is 5.82 Å². The summed E-state index contributed by atoms with van der Waals surface area (Å²) in [6.45, 7) is 3.20. The van der Waals surface area contributed by atoms with Crippen LogP contribution in [0.1, 0.15) is 23.0 Å². The van der Waals surface area contributed by atoms with Crippen LogP contribution >= 0.6 is 0 Å². The molecule has 0 radical (unpaired) electrons. The molecule has 1 aromatic carbocycles. The van der Waals surface area contributed by atoms with Gasteiger partial charge in [0, 0.05) is 18.0 Å². The zero-order chi connectivity index (χ0) is 15.6. The molecule has 0 saturated carbocycles. The van der Waals surface area contributed by atoms with Crippen molar-refractivity contribution < 1.29 is 19.1 Å². The van der Waals surface area contributed by atoms with Crippen LogP contribution in [-0.2, 0) is 4.79 Å². The molecule has 0 spiro atoms. The minimum atomic E-state index is -0.973. The van der Waals surface area contributed by atoms with Gasteiger partial charge in [-0.05, 0) is 25.1 Å². The lowest BCUT2D eigenvalue weighted by Crippen LogP contribution is -2.32. The number of pyridine rings is 1. The molecule has 1 heterocycles. The van der Waals surface area contributed by atoms with E-state index < -0.39 is 11.9 Å². The number of nitrogens with one attached hydrogen (secondary N) is 1. The lowest BCUT2D eigenvalue weighted by Gasteiger charge is -2.10. The van der Waals surface area contributed by atoms with Crippen LogP contribution in [-0.4, -0.2) is 28.5 Å². The van der Waals surface area contributed by atoms with E-state index in [2.05, 4.69) is 10.3 Å². The third kappa shape index (κ3) is 3.34. The third-order valence-electron chi connectivity index (χ3n) is 3.21. The van der Waals surface area contributed by atoms with Crippen LogP contribution in [0.3, 0.4) is 0 Å². The average molecular weight is 290 g/mol. The van der Waals surface area contributed by atoms with Gasteiger partial charge in [-0.1, -0.05) is 6.92 Å². The molecule has 1 aromatic heterocycles. The normalized spacial score (nSPS) is 12.1. The molecule has 0 aliphatic heterocycles. The number of halogens is 1. The first-order valence-electron chi connectivity index (χ1n) is 6.46. The number of benzene rings is 1. The lowest BCUT2D eigenvalue weighted by atomic mass is 10.1. The minimum absolute atomic E-state index is 0.0368. The molecule has 6 heteroatoms. The van der Waals surface area contributed by atoms with Crippen molar-refractivity contribution in [3.8, 4) is 0 Å². The largest absolute Gasteiger partial charge is 0.481 e. The Morgan fingerprint density at radius 2 is 2.10 bits per heavy atom. The predicted molar refractivity (Wildman–Crippen MR) is 75.6 cm³/mol. The third-order valence-corrected chi connectivity index (χ3v) is 3.21. The maximum absolute atomic E-state index is 13.1. The maximum atomic E-state index is 13.1. The summed E-state index contributed by atoms with van der Waals surface area (Å²) in [7, 11) is 0. The molecule has 0 fully saturated rings. The van der Waals surface area contributed by atoms with Crippen LogP contribution < -0.4 is 5.32 Å². The molecule has 2 rings (SSSR count). The number of fused-ring (bicyclic) bond motifs is 1. The zero-order valence-electron chi connectivity index (χ0n) is 11.7. The topological polar surface area (TPSA) is 79.3 Å². The summed E-state index contributed by atoms with van der Waals surface area (Å²) >= 11 is 0. The first kappa shape index (κ1) is 14.9. The van der Waals surface area contributed by atoms with Crippen molar-refractivity contribution in [2.45, 2.75) is 13.8 Å². The number of nitrogens with zero attached hydrogens (tertiary/aromatic N) is 1. The summed E-state index contributed by atoms with van der Waals surface area (Å²) in [4.78, 5) is 27.0. The SMILES string of the molecule is Cc1nc2cc(F)ccc2cc1C(=O)NCC(C)C(=O)O. The van der Waals surface area contributed by atoms with Crippen molar-refractivity contribution >= 4 is 22.8 Å². The molecular formula is C15H15FN2O3. The van der Waals surface area contributed by atoms with Crippen molar-refractivity contribution in [3.63, 3.8) is 0 Å². The summed E-state index contributed by atoms with van der Waals surface area (Å²) in [6.07, 6.45) is 0. The van der Waals surface area contributed by atoms with Gasteiger partial charge >= 0.3 is 5.97 Å². The number of carbonyl (C=O) groups is 2. The second kappa shape index (κ2) is 5.87. The highest BCUT2D eigenvalue weighted by Gasteiger charge is 2.15. The Labute approximate surface area is 120 Å². The number of hydrogen-bond donors (Lipinski definition) is 2. The molecule has 0 saturated heterocycles. The van der Waals surface area contributed by atoms with Gasteiger partial charge in [0.15, 0.2) is 0 Å². The van der Waals surface area contributed by atoms with Crippen molar-refractivity contribution in [3.05, 3.63) is 41.3 Å². The van der Waals surface area contributed by atoms with Crippen molar-refractivity contribution in [1.29, 1.82) is 0 Å². The van der Waals surface area contributed by atoms with Gasteiger partial charge in [0.2, 0.25) is 0 Å². The van der Waals surface area contributed by atoms with Gasteiger partial charge in [-0.2, -0.15) is 0 Å². The second-order valence-electron chi connectivity index (χ2n) is 4.91. The molecule has 110 valence electrons. The number of aromatic nitrogens is 1. The van der Waals surface area contributed by atoms with E-state index in [0.717, 1.165) is 0 Å². The van der Waals surface area contributed by atoms with E-state index in [4.69, 9.17) is 5.11 Å². The van der Waals surface area contributed by atoms with Crippen LogP contribution in [0.25, 0.3) is 10.9 Å². The first-order valence-corrected chi connectivity index (χ1v) is 6.46. The molecule has 0 aliphatic carbocycles. The number of carboxylic acids is 1. The van der Waals surface area contributed by atoms with Crippen molar-refractivity contribution in [1.82, 2.24) is 10.3 Å². The van der Waals surface area contributed by atoms with E-state index >= 15 is 0 Å². The van der Waals surface area contributed by atoms with Crippen LogP contribution in [0.5, 0.6) is 0 Å². The lowest BCUT2D eigenvalue weighted by molar-refractivity contribution is -0.140. The molecule has 0 aliphatic rings. The van der Waals surface area contributed by atoms with E-state index in [9.17, 15) is 14.0 Å². The first-order chi connectivity index (χ1) is 9.88. The number of carboxylic acid groups (broad SMARTS) is 1. The predicted octanol–water partition coefficient (Wildman–Crippen LogP) is 2.13. The molecular weight excluding hydrogens is 275 g/mol. The monoisotopic (exact) mass is 290 g/mol. The van der Waals surface area contributed by atoms with Crippen molar-refractivity contribution in [2.24, 2.45) is 5.92 Å². The Balaban J connectivity index is 2.25.